The number of nitrogens with zero attached hydrogens (tertiary/aromatic N) is 4. The Morgan fingerprint density at radius 3 is 2.43 bits per heavy atom. The molecule has 0 radical (unpaired) electrons. The summed E-state index contributed by atoms with van der Waals surface area (Å²) >= 11 is 0. The fourth-order valence-corrected chi connectivity index (χ4v) is 4.78. The molecule has 2 aromatic heterocycles. The van der Waals surface area contributed by atoms with Gasteiger partial charge in [0.2, 0.25) is 0 Å². The molecule has 0 saturated carbocycles. The molecule has 2 fully saturated rings. The van der Waals surface area contributed by atoms with E-state index < -0.39 is 35.7 Å². The van der Waals surface area contributed by atoms with Crippen LogP contribution in [-0.4, -0.2) is 40.5 Å². The molecule has 12 heteroatoms. The Bertz CT molecular complexity index is 1270. The zero-order valence-electron chi connectivity index (χ0n) is 18.7. The number of anilines is 2. The van der Waals surface area contributed by atoms with Gasteiger partial charge in [-0.15, -0.1) is 5.10 Å². The first kappa shape index (κ1) is 23.6. The van der Waals surface area contributed by atoms with E-state index in [9.17, 15) is 26.3 Å². The van der Waals surface area contributed by atoms with Crippen LogP contribution in [0.25, 0.3) is 10.9 Å². The lowest BCUT2D eigenvalue weighted by Gasteiger charge is -2.54. The van der Waals surface area contributed by atoms with Gasteiger partial charge in [-0.1, -0.05) is 18.2 Å². The summed E-state index contributed by atoms with van der Waals surface area (Å²) in [5, 5.41) is 11.2. The van der Waals surface area contributed by atoms with Crippen molar-refractivity contribution in [2.45, 2.75) is 51.0 Å². The number of hydrogen-bond acceptors (Lipinski definition) is 6. The van der Waals surface area contributed by atoms with E-state index in [4.69, 9.17) is 4.74 Å². The van der Waals surface area contributed by atoms with Crippen molar-refractivity contribution in [3.8, 4) is 0 Å². The van der Waals surface area contributed by atoms with Crippen LogP contribution in [0, 0.1) is 12.7 Å². The van der Waals surface area contributed by atoms with Crippen LogP contribution < -0.4 is 10.2 Å². The number of aryl methyl sites for hydroxylation is 1. The van der Waals surface area contributed by atoms with Crippen molar-refractivity contribution >= 4 is 22.4 Å². The Labute approximate surface area is 196 Å². The van der Waals surface area contributed by atoms with Crippen LogP contribution >= 0.6 is 0 Å². The fraction of sp³-hybridized carbons (Fsp3) is 0.435. The maximum atomic E-state index is 14.7. The normalized spacial score (nSPS) is 20.8. The molecule has 2 aliphatic heterocycles. The largest absolute Gasteiger partial charge is 0.435 e. The predicted molar refractivity (Wildman–Crippen MR) is 116 cm³/mol. The molecule has 2 bridgehead atoms. The number of alkyl halides is 5. The first-order valence-electron chi connectivity index (χ1n) is 11.0. The van der Waals surface area contributed by atoms with Gasteiger partial charge in [-0.25, -0.2) is 18.2 Å². The van der Waals surface area contributed by atoms with Crippen molar-refractivity contribution < 1.29 is 31.1 Å². The number of hydrogen-bond donors (Lipinski definition) is 1. The second kappa shape index (κ2) is 8.51. The molecular weight excluding hydrogens is 476 g/mol. The Hall–Kier alpha value is -3.15. The van der Waals surface area contributed by atoms with Gasteiger partial charge in [-0.2, -0.15) is 18.3 Å². The molecule has 2 aliphatic rings. The van der Waals surface area contributed by atoms with E-state index >= 15 is 0 Å². The maximum absolute atomic E-state index is 14.7. The second-order valence-electron chi connectivity index (χ2n) is 8.79. The summed E-state index contributed by atoms with van der Waals surface area (Å²) in [4.78, 5) is 5.62. The number of ether oxygens (including phenoxy) is 1. The number of fused-ring (bicyclic) bond motifs is 3. The van der Waals surface area contributed by atoms with E-state index in [1.165, 1.54) is 32.0 Å². The molecule has 1 N–H and O–H groups in total. The summed E-state index contributed by atoms with van der Waals surface area (Å²) < 4.78 is 88.4. The second-order valence-corrected chi connectivity index (χ2v) is 8.79. The Balaban J connectivity index is 1.60. The van der Waals surface area contributed by atoms with E-state index in [1.807, 2.05) is 0 Å². The average molecular weight is 497 g/mol. The minimum Gasteiger partial charge on any atom is -0.377 e. The molecule has 35 heavy (non-hydrogen) atoms. The lowest BCUT2D eigenvalue weighted by molar-refractivity contribution is -0.140. The summed E-state index contributed by atoms with van der Waals surface area (Å²) in [6.07, 6.45) is -6.97. The number of nitrogens with one attached hydrogen (secondary N) is 1. The Morgan fingerprint density at radius 2 is 1.80 bits per heavy atom. The maximum Gasteiger partial charge on any atom is 0.435 e. The van der Waals surface area contributed by atoms with Gasteiger partial charge in [0.05, 0.1) is 53.8 Å². The van der Waals surface area contributed by atoms with Crippen LogP contribution in [0.3, 0.4) is 0 Å². The highest BCUT2D eigenvalue weighted by atomic mass is 19.4. The van der Waals surface area contributed by atoms with E-state index in [1.54, 1.807) is 4.90 Å². The standard InChI is InChI=1S/C23H21F6N5O/c1-10(14-4-3-5-15(18(14)24)21(25)26)30-22-16-7-17(34-12-6-13(34)9-35-8-12)20(23(27,28)29)31-19(16)11(2)32-33-22/h3-5,7,10,12-13,21H,6,8-9H2,1-2H3,(H,30,33)/t10-,12?,13?/m1/s1. The van der Waals surface area contributed by atoms with Gasteiger partial charge in [-0.3, -0.25) is 0 Å². The smallest absolute Gasteiger partial charge is 0.377 e. The van der Waals surface area contributed by atoms with E-state index in [-0.39, 0.29) is 45.7 Å². The molecule has 0 spiro atoms. The zero-order chi connectivity index (χ0) is 25.1. The van der Waals surface area contributed by atoms with Gasteiger partial charge >= 0.3 is 6.18 Å². The number of pyridine rings is 1. The number of aromatic nitrogens is 3. The molecule has 3 atom stereocenters. The van der Waals surface area contributed by atoms with E-state index in [0.29, 0.717) is 13.2 Å². The number of rotatable bonds is 5. The zero-order valence-corrected chi connectivity index (χ0v) is 18.7. The van der Waals surface area contributed by atoms with Gasteiger partial charge in [0.1, 0.15) is 5.82 Å². The van der Waals surface area contributed by atoms with Gasteiger partial charge in [0, 0.05) is 10.9 Å². The highest BCUT2D eigenvalue weighted by Gasteiger charge is 2.47. The van der Waals surface area contributed by atoms with Crippen molar-refractivity contribution in [1.29, 1.82) is 0 Å². The lowest BCUT2D eigenvalue weighted by Crippen LogP contribution is -2.64. The summed E-state index contributed by atoms with van der Waals surface area (Å²) in [5.41, 5.74) is -1.69. The first-order valence-corrected chi connectivity index (χ1v) is 11.0. The van der Waals surface area contributed by atoms with Crippen molar-refractivity contribution in [2.24, 2.45) is 0 Å². The van der Waals surface area contributed by atoms with Crippen LogP contribution in [0.2, 0.25) is 0 Å². The highest BCUT2D eigenvalue weighted by Crippen LogP contribution is 2.44. The molecule has 186 valence electrons. The topological polar surface area (TPSA) is 63.2 Å². The molecule has 6 nitrogen and oxygen atoms in total. The average Bonchev–Trinajstić information content (AvgIpc) is 2.80. The van der Waals surface area contributed by atoms with Gasteiger partial charge < -0.3 is 15.0 Å². The van der Waals surface area contributed by atoms with Gasteiger partial charge in [0.25, 0.3) is 6.43 Å². The van der Waals surface area contributed by atoms with E-state index in [0.717, 1.165) is 12.5 Å². The quantitative estimate of drug-likeness (QED) is 0.465. The molecule has 5 rings (SSSR count). The first-order chi connectivity index (χ1) is 16.6. The Morgan fingerprint density at radius 1 is 1.11 bits per heavy atom. The van der Waals surface area contributed by atoms with Crippen LogP contribution in [0.5, 0.6) is 0 Å². The third-order valence-corrected chi connectivity index (χ3v) is 6.51. The van der Waals surface area contributed by atoms with Crippen molar-refractivity contribution in [1.82, 2.24) is 15.2 Å². The third kappa shape index (κ3) is 4.03. The van der Waals surface area contributed by atoms with Crippen LogP contribution in [0.1, 0.15) is 48.3 Å². The summed E-state index contributed by atoms with van der Waals surface area (Å²) in [7, 11) is 0. The SMILES string of the molecule is Cc1nnc(N[C@H](C)c2cccc(C(F)F)c2F)c2cc(N3C4COCC3C4)c(C(F)(F)F)nc12. The van der Waals surface area contributed by atoms with Crippen LogP contribution in [-0.2, 0) is 10.9 Å². The summed E-state index contributed by atoms with van der Waals surface area (Å²) in [6.45, 7) is 3.67. The number of benzene rings is 1. The molecule has 4 heterocycles. The third-order valence-electron chi connectivity index (χ3n) is 6.51. The van der Waals surface area contributed by atoms with Crippen molar-refractivity contribution in [3.63, 3.8) is 0 Å². The van der Waals surface area contributed by atoms with E-state index in [2.05, 4.69) is 20.5 Å². The molecule has 3 aromatic rings. The molecule has 2 unspecified atom stereocenters. The minimum absolute atomic E-state index is 0.00508. The van der Waals surface area contributed by atoms with Crippen LogP contribution in [0.15, 0.2) is 24.3 Å². The molecular formula is C23H21F6N5O. The van der Waals surface area contributed by atoms with Crippen LogP contribution in [0.4, 0.5) is 37.8 Å². The number of morpholine rings is 1. The molecule has 2 saturated heterocycles. The Kier molecular flexibility index (Phi) is 5.73. The predicted octanol–water partition coefficient (Wildman–Crippen LogP) is 5.58. The highest BCUT2D eigenvalue weighted by molar-refractivity contribution is 5.93. The van der Waals surface area contributed by atoms with Crippen molar-refractivity contribution in [2.75, 3.05) is 23.4 Å². The fourth-order valence-electron chi connectivity index (χ4n) is 4.78. The summed E-state index contributed by atoms with van der Waals surface area (Å²) in [5.74, 6) is -0.984. The lowest BCUT2D eigenvalue weighted by atomic mass is 9.90. The van der Waals surface area contributed by atoms with Gasteiger partial charge in [-0.05, 0) is 26.3 Å². The molecule has 1 aromatic carbocycles. The van der Waals surface area contributed by atoms with Crippen molar-refractivity contribution in [3.05, 3.63) is 52.6 Å². The molecule has 0 amide bonds. The number of halogens is 6. The summed E-state index contributed by atoms with van der Waals surface area (Å²) in [6, 6.07) is 3.83. The molecule has 0 aliphatic carbocycles. The monoisotopic (exact) mass is 497 g/mol. The van der Waals surface area contributed by atoms with Gasteiger partial charge in [0.15, 0.2) is 11.5 Å². The minimum atomic E-state index is -4.70.